The van der Waals surface area contributed by atoms with Crippen LogP contribution in [0.1, 0.15) is 31.0 Å². The van der Waals surface area contributed by atoms with Crippen LogP contribution < -0.4 is 19.6 Å². The molecule has 0 aliphatic carbocycles. The Balaban J connectivity index is 1.69. The topological polar surface area (TPSA) is 98.6 Å². The van der Waals surface area contributed by atoms with Gasteiger partial charge in [0.05, 0.1) is 47.5 Å². The van der Waals surface area contributed by atoms with E-state index in [2.05, 4.69) is 15.2 Å². The zero-order valence-electron chi connectivity index (χ0n) is 20.0. The van der Waals surface area contributed by atoms with Crippen LogP contribution in [0.15, 0.2) is 81.9 Å². The molecule has 1 aliphatic heterocycles. The summed E-state index contributed by atoms with van der Waals surface area (Å²) in [7, 11) is 1.59. The second-order valence-corrected chi connectivity index (χ2v) is 9.15. The van der Waals surface area contributed by atoms with Gasteiger partial charge in [-0.2, -0.15) is 5.10 Å². The van der Waals surface area contributed by atoms with Crippen molar-refractivity contribution < 1.29 is 14.3 Å². The van der Waals surface area contributed by atoms with Gasteiger partial charge in [0, 0.05) is 11.1 Å². The van der Waals surface area contributed by atoms with E-state index in [1.165, 1.54) is 11.3 Å². The van der Waals surface area contributed by atoms with Crippen molar-refractivity contribution in [2.45, 2.75) is 19.9 Å². The maximum atomic E-state index is 13.8. The van der Waals surface area contributed by atoms with E-state index in [1.807, 2.05) is 48.5 Å². The molecule has 36 heavy (non-hydrogen) atoms. The van der Waals surface area contributed by atoms with Crippen molar-refractivity contribution in [3.05, 3.63) is 103 Å². The standard InChI is InChI=1S/C27H24N4O4S/c1-4-35-26(33)22-16(2)29-27-31(24(22)18-10-12-20(34-3)13-11-18)25(32)21(36-27)14-19-15-28-30-23(19)17-8-6-5-7-9-17/h5-15,24H,4H2,1-3H3,(H,28,30)/b21-14+/t24-/m0/s1. The molecular weight excluding hydrogens is 476 g/mol. The van der Waals surface area contributed by atoms with E-state index in [4.69, 9.17) is 9.47 Å². The molecular formula is C27H24N4O4S. The van der Waals surface area contributed by atoms with Crippen LogP contribution >= 0.6 is 11.3 Å². The molecule has 0 spiro atoms. The van der Waals surface area contributed by atoms with Gasteiger partial charge in [0.2, 0.25) is 0 Å². The number of thiazole rings is 1. The number of esters is 1. The van der Waals surface area contributed by atoms with E-state index in [9.17, 15) is 9.59 Å². The molecule has 4 aromatic rings. The first-order valence-electron chi connectivity index (χ1n) is 11.4. The summed E-state index contributed by atoms with van der Waals surface area (Å²) >= 11 is 1.28. The van der Waals surface area contributed by atoms with Crippen LogP contribution in [0.3, 0.4) is 0 Å². The van der Waals surface area contributed by atoms with E-state index in [0.29, 0.717) is 26.4 Å². The average molecular weight is 501 g/mol. The maximum Gasteiger partial charge on any atom is 0.338 e. The Morgan fingerprint density at radius 1 is 1.17 bits per heavy atom. The van der Waals surface area contributed by atoms with E-state index in [0.717, 1.165) is 22.4 Å². The number of aromatic nitrogens is 3. The molecule has 0 saturated heterocycles. The molecule has 3 heterocycles. The summed E-state index contributed by atoms with van der Waals surface area (Å²) in [6, 6.07) is 16.4. The number of ether oxygens (including phenoxy) is 2. The first-order valence-corrected chi connectivity index (χ1v) is 12.3. The third kappa shape index (κ3) is 4.18. The third-order valence-electron chi connectivity index (χ3n) is 5.97. The average Bonchev–Trinajstić information content (AvgIpc) is 3.48. The van der Waals surface area contributed by atoms with Gasteiger partial charge in [-0.05, 0) is 37.6 Å². The molecule has 0 radical (unpaired) electrons. The van der Waals surface area contributed by atoms with Crippen LogP contribution in [0, 0.1) is 0 Å². The summed E-state index contributed by atoms with van der Waals surface area (Å²) in [5, 5.41) is 7.21. The van der Waals surface area contributed by atoms with Crippen LogP contribution in [0.5, 0.6) is 5.75 Å². The maximum absolute atomic E-state index is 13.8. The monoisotopic (exact) mass is 500 g/mol. The zero-order valence-corrected chi connectivity index (χ0v) is 20.8. The number of carbonyl (C=O) groups is 1. The van der Waals surface area contributed by atoms with Gasteiger partial charge in [0.25, 0.3) is 5.56 Å². The number of methoxy groups -OCH3 is 1. The molecule has 2 aromatic heterocycles. The van der Waals surface area contributed by atoms with E-state index < -0.39 is 12.0 Å². The number of H-pyrrole nitrogens is 1. The molecule has 0 bridgehead atoms. The zero-order chi connectivity index (χ0) is 25.2. The minimum absolute atomic E-state index is 0.220. The fourth-order valence-electron chi connectivity index (χ4n) is 4.28. The van der Waals surface area contributed by atoms with E-state index >= 15 is 0 Å². The van der Waals surface area contributed by atoms with Crippen LogP contribution in [-0.2, 0) is 9.53 Å². The molecule has 182 valence electrons. The van der Waals surface area contributed by atoms with Crippen molar-refractivity contribution in [3.63, 3.8) is 0 Å². The van der Waals surface area contributed by atoms with Gasteiger partial charge in [0.15, 0.2) is 4.80 Å². The molecule has 1 aliphatic rings. The molecule has 0 fully saturated rings. The number of rotatable bonds is 6. The highest BCUT2D eigenvalue weighted by atomic mass is 32.1. The molecule has 8 nitrogen and oxygen atoms in total. The normalized spacial score (nSPS) is 15.4. The molecule has 0 unspecified atom stereocenters. The van der Waals surface area contributed by atoms with Gasteiger partial charge in [-0.25, -0.2) is 9.79 Å². The molecule has 0 amide bonds. The van der Waals surface area contributed by atoms with Crippen molar-refractivity contribution in [2.24, 2.45) is 4.99 Å². The van der Waals surface area contributed by atoms with Gasteiger partial charge in [0.1, 0.15) is 5.75 Å². The Hall–Kier alpha value is -4.24. The summed E-state index contributed by atoms with van der Waals surface area (Å²) in [5.41, 5.74) is 3.95. The van der Waals surface area contributed by atoms with Gasteiger partial charge in [-0.1, -0.05) is 53.8 Å². The highest BCUT2D eigenvalue weighted by Gasteiger charge is 2.33. The predicted molar refractivity (Wildman–Crippen MR) is 137 cm³/mol. The molecule has 9 heteroatoms. The summed E-state index contributed by atoms with van der Waals surface area (Å²) in [6.07, 6.45) is 3.50. The van der Waals surface area contributed by atoms with E-state index in [1.54, 1.807) is 43.9 Å². The number of benzene rings is 2. The van der Waals surface area contributed by atoms with Crippen molar-refractivity contribution in [1.29, 1.82) is 0 Å². The third-order valence-corrected chi connectivity index (χ3v) is 6.95. The second-order valence-electron chi connectivity index (χ2n) is 8.14. The molecule has 0 saturated carbocycles. The Labute approximate surface area is 210 Å². The van der Waals surface area contributed by atoms with Gasteiger partial charge >= 0.3 is 5.97 Å². The van der Waals surface area contributed by atoms with Gasteiger partial charge < -0.3 is 9.47 Å². The molecule has 2 aromatic carbocycles. The largest absolute Gasteiger partial charge is 0.497 e. The van der Waals surface area contributed by atoms with E-state index in [-0.39, 0.29) is 12.2 Å². The Morgan fingerprint density at radius 2 is 1.92 bits per heavy atom. The van der Waals surface area contributed by atoms with Crippen molar-refractivity contribution in [1.82, 2.24) is 14.8 Å². The lowest BCUT2D eigenvalue weighted by Crippen LogP contribution is -2.39. The SMILES string of the molecule is CCOC(=O)C1=C(C)N=c2s/c(=C/c3cn[nH]c3-c3ccccc3)c(=O)n2[C@H]1c1ccc(OC)cc1. The Bertz CT molecular complexity index is 1630. The molecule has 1 atom stereocenters. The summed E-state index contributed by atoms with van der Waals surface area (Å²) < 4.78 is 12.7. The smallest absolute Gasteiger partial charge is 0.338 e. The Morgan fingerprint density at radius 3 is 2.61 bits per heavy atom. The minimum Gasteiger partial charge on any atom is -0.497 e. The number of carbonyl (C=O) groups excluding carboxylic acids is 1. The lowest BCUT2D eigenvalue weighted by atomic mass is 9.96. The summed E-state index contributed by atoms with van der Waals surface area (Å²) in [5.74, 6) is 0.188. The quantitative estimate of drug-likeness (QED) is 0.410. The fourth-order valence-corrected chi connectivity index (χ4v) is 5.31. The van der Waals surface area contributed by atoms with Crippen LogP contribution in [-0.4, -0.2) is 34.5 Å². The first kappa shape index (κ1) is 23.5. The predicted octanol–water partition coefficient (Wildman–Crippen LogP) is 3.20. The van der Waals surface area contributed by atoms with Crippen LogP contribution in [0.4, 0.5) is 0 Å². The number of fused-ring (bicyclic) bond motifs is 1. The highest BCUT2D eigenvalue weighted by molar-refractivity contribution is 7.07. The van der Waals surface area contributed by atoms with Crippen molar-refractivity contribution >= 4 is 23.4 Å². The fraction of sp³-hybridized carbons (Fsp3) is 0.185. The van der Waals surface area contributed by atoms with Crippen LogP contribution in [0.25, 0.3) is 17.3 Å². The van der Waals surface area contributed by atoms with Crippen molar-refractivity contribution in [2.75, 3.05) is 13.7 Å². The first-order chi connectivity index (χ1) is 17.5. The molecule has 1 N–H and O–H groups in total. The number of nitrogens with one attached hydrogen (secondary N) is 1. The minimum atomic E-state index is -0.675. The summed E-state index contributed by atoms with van der Waals surface area (Å²) in [6.45, 7) is 3.74. The van der Waals surface area contributed by atoms with Gasteiger partial charge in [-0.15, -0.1) is 0 Å². The second kappa shape index (κ2) is 9.79. The lowest BCUT2D eigenvalue weighted by Gasteiger charge is -2.24. The molecule has 5 rings (SSSR count). The highest BCUT2D eigenvalue weighted by Crippen LogP contribution is 2.31. The summed E-state index contributed by atoms with van der Waals surface area (Å²) in [4.78, 5) is 31.9. The number of aromatic amines is 1. The number of hydrogen-bond donors (Lipinski definition) is 1. The van der Waals surface area contributed by atoms with Crippen molar-refractivity contribution in [3.8, 4) is 17.0 Å². The van der Waals surface area contributed by atoms with Gasteiger partial charge in [-0.3, -0.25) is 14.5 Å². The number of hydrogen-bond acceptors (Lipinski definition) is 7. The number of nitrogens with zero attached hydrogens (tertiary/aromatic N) is 3. The Kier molecular flexibility index (Phi) is 6.39. The van der Waals surface area contributed by atoms with Crippen LogP contribution in [0.2, 0.25) is 0 Å². The lowest BCUT2D eigenvalue weighted by molar-refractivity contribution is -0.139. The number of allylic oxidation sites excluding steroid dienone is 1.